The van der Waals surface area contributed by atoms with E-state index in [9.17, 15) is 4.79 Å². The molecule has 0 radical (unpaired) electrons. The van der Waals surface area contributed by atoms with Crippen LogP contribution in [0.3, 0.4) is 0 Å². The molecule has 1 atom stereocenters. The number of aromatic nitrogens is 2. The van der Waals surface area contributed by atoms with E-state index in [4.69, 9.17) is 9.26 Å². The van der Waals surface area contributed by atoms with Gasteiger partial charge in [0.15, 0.2) is 0 Å². The van der Waals surface area contributed by atoms with Gasteiger partial charge in [-0.1, -0.05) is 38.3 Å². The molecule has 1 unspecified atom stereocenters. The van der Waals surface area contributed by atoms with Gasteiger partial charge in [-0.15, -0.1) is 0 Å². The van der Waals surface area contributed by atoms with E-state index in [1.165, 1.54) is 19.3 Å². The molecule has 0 N–H and O–H groups in total. The van der Waals surface area contributed by atoms with Gasteiger partial charge in [0.05, 0.1) is 6.42 Å². The van der Waals surface area contributed by atoms with Crippen LogP contribution in [0.2, 0.25) is 0 Å². The first-order chi connectivity index (χ1) is 10.1. The Morgan fingerprint density at radius 1 is 1.33 bits per heavy atom. The smallest absolute Gasteiger partial charge is 0.234 e. The number of ketones is 1. The summed E-state index contributed by atoms with van der Waals surface area (Å²) in [5.41, 5.74) is 0. The molecule has 0 aliphatic heterocycles. The average molecular weight is 294 g/mol. The van der Waals surface area contributed by atoms with Gasteiger partial charge in [-0.25, -0.2) is 0 Å². The molecule has 0 amide bonds. The second-order valence-electron chi connectivity index (χ2n) is 6.12. The van der Waals surface area contributed by atoms with Gasteiger partial charge in [0, 0.05) is 12.5 Å². The van der Waals surface area contributed by atoms with E-state index in [2.05, 4.69) is 10.1 Å². The first-order valence-corrected chi connectivity index (χ1v) is 8.08. The van der Waals surface area contributed by atoms with Crippen molar-refractivity contribution in [3.63, 3.8) is 0 Å². The minimum absolute atomic E-state index is 0.0126. The Morgan fingerprint density at radius 3 is 2.67 bits per heavy atom. The van der Waals surface area contributed by atoms with Crippen LogP contribution >= 0.6 is 0 Å². The van der Waals surface area contributed by atoms with Crippen molar-refractivity contribution in [1.82, 2.24) is 10.1 Å². The summed E-state index contributed by atoms with van der Waals surface area (Å²) in [6, 6.07) is 0. The van der Waals surface area contributed by atoms with Crippen LogP contribution in [0.5, 0.6) is 0 Å². The first kappa shape index (κ1) is 16.1. The fraction of sp³-hybridized carbons (Fsp3) is 0.812. The Kier molecular flexibility index (Phi) is 5.91. The molecule has 1 heterocycles. The monoisotopic (exact) mass is 294 g/mol. The Bertz CT molecular complexity index is 450. The van der Waals surface area contributed by atoms with Crippen molar-refractivity contribution >= 4 is 5.78 Å². The highest BCUT2D eigenvalue weighted by Crippen LogP contribution is 2.35. The van der Waals surface area contributed by atoms with Crippen LogP contribution in [0.4, 0.5) is 0 Å². The third-order valence-corrected chi connectivity index (χ3v) is 4.13. The van der Waals surface area contributed by atoms with Gasteiger partial charge in [0.1, 0.15) is 11.9 Å². The van der Waals surface area contributed by atoms with E-state index >= 15 is 0 Å². The molecule has 5 heteroatoms. The second-order valence-corrected chi connectivity index (χ2v) is 6.12. The molecule has 118 valence electrons. The van der Waals surface area contributed by atoms with E-state index in [0.29, 0.717) is 24.2 Å². The lowest BCUT2D eigenvalue weighted by molar-refractivity contribution is -0.121. The zero-order valence-electron chi connectivity index (χ0n) is 13.3. The van der Waals surface area contributed by atoms with Crippen molar-refractivity contribution in [3.05, 3.63) is 11.7 Å². The molecule has 0 saturated heterocycles. The Balaban J connectivity index is 2.06. The van der Waals surface area contributed by atoms with Crippen LogP contribution < -0.4 is 0 Å². The summed E-state index contributed by atoms with van der Waals surface area (Å²) in [7, 11) is 0. The largest absolute Gasteiger partial charge is 0.370 e. The molecule has 1 aromatic rings. The summed E-state index contributed by atoms with van der Waals surface area (Å²) >= 11 is 0. The quantitative estimate of drug-likeness (QED) is 0.770. The molecule has 0 aromatic carbocycles. The molecule has 1 saturated carbocycles. The van der Waals surface area contributed by atoms with Crippen LogP contribution in [-0.2, 0) is 16.0 Å². The Labute approximate surface area is 126 Å². The maximum atomic E-state index is 11.8. The SMILES string of the molecule is CCOC(c1noc(CC(=O)C(C)C)n1)C1CCCCC1. The second kappa shape index (κ2) is 7.69. The van der Waals surface area contributed by atoms with Gasteiger partial charge in [0.25, 0.3) is 0 Å². The van der Waals surface area contributed by atoms with Crippen LogP contribution in [0.1, 0.15) is 70.7 Å². The summed E-state index contributed by atoms with van der Waals surface area (Å²) in [4.78, 5) is 16.2. The standard InChI is InChI=1S/C16H26N2O3/c1-4-20-15(12-8-6-5-7-9-12)16-17-14(21-18-16)10-13(19)11(2)3/h11-12,15H,4-10H2,1-3H3. The number of hydrogen-bond acceptors (Lipinski definition) is 5. The number of ether oxygens (including phenoxy) is 1. The van der Waals surface area contributed by atoms with E-state index in [1.807, 2.05) is 20.8 Å². The predicted molar refractivity (Wildman–Crippen MR) is 78.8 cm³/mol. The van der Waals surface area contributed by atoms with E-state index in [-0.39, 0.29) is 24.2 Å². The normalized spacial score (nSPS) is 18.1. The van der Waals surface area contributed by atoms with Crippen molar-refractivity contribution in [3.8, 4) is 0 Å². The van der Waals surface area contributed by atoms with Gasteiger partial charge < -0.3 is 9.26 Å². The third kappa shape index (κ3) is 4.37. The van der Waals surface area contributed by atoms with Crippen LogP contribution in [0.25, 0.3) is 0 Å². The minimum Gasteiger partial charge on any atom is -0.370 e. The third-order valence-electron chi connectivity index (χ3n) is 4.13. The molecular formula is C16H26N2O3. The molecule has 0 spiro atoms. The summed E-state index contributed by atoms with van der Waals surface area (Å²) in [6.45, 7) is 6.38. The maximum Gasteiger partial charge on any atom is 0.234 e. The van der Waals surface area contributed by atoms with Gasteiger partial charge in [-0.05, 0) is 25.7 Å². The number of carbonyl (C=O) groups is 1. The number of hydrogen-bond donors (Lipinski definition) is 0. The van der Waals surface area contributed by atoms with Crippen LogP contribution in [0.15, 0.2) is 4.52 Å². The molecule has 1 fully saturated rings. The minimum atomic E-state index is -0.0954. The topological polar surface area (TPSA) is 65.2 Å². The maximum absolute atomic E-state index is 11.8. The van der Waals surface area contributed by atoms with Crippen molar-refractivity contribution in [1.29, 1.82) is 0 Å². The fourth-order valence-corrected chi connectivity index (χ4v) is 2.85. The number of carbonyl (C=O) groups excluding carboxylic acids is 1. The average Bonchev–Trinajstić information content (AvgIpc) is 2.93. The first-order valence-electron chi connectivity index (χ1n) is 8.08. The lowest BCUT2D eigenvalue weighted by Gasteiger charge is -2.27. The highest BCUT2D eigenvalue weighted by Gasteiger charge is 2.29. The Hall–Kier alpha value is -1.23. The summed E-state index contributed by atoms with van der Waals surface area (Å²) in [5.74, 6) is 1.58. The number of nitrogens with zero attached hydrogens (tertiary/aromatic N) is 2. The van der Waals surface area contributed by atoms with Crippen molar-refractivity contribution in [2.24, 2.45) is 11.8 Å². The molecule has 1 aliphatic carbocycles. The molecule has 2 rings (SSSR count). The molecule has 1 aliphatic rings. The zero-order chi connectivity index (χ0) is 15.2. The lowest BCUT2D eigenvalue weighted by Crippen LogP contribution is -2.20. The number of rotatable bonds is 7. The van der Waals surface area contributed by atoms with E-state index < -0.39 is 0 Å². The molecule has 21 heavy (non-hydrogen) atoms. The van der Waals surface area contributed by atoms with Crippen LogP contribution in [-0.4, -0.2) is 22.5 Å². The molecule has 1 aromatic heterocycles. The van der Waals surface area contributed by atoms with Gasteiger partial charge >= 0.3 is 0 Å². The molecule has 0 bridgehead atoms. The lowest BCUT2D eigenvalue weighted by atomic mass is 9.85. The van der Waals surface area contributed by atoms with Crippen molar-refractivity contribution in [2.45, 2.75) is 65.4 Å². The zero-order valence-corrected chi connectivity index (χ0v) is 13.3. The fourth-order valence-electron chi connectivity index (χ4n) is 2.85. The summed E-state index contributed by atoms with van der Waals surface area (Å²) in [6.07, 6.45) is 6.21. The van der Waals surface area contributed by atoms with E-state index in [0.717, 1.165) is 12.8 Å². The molecular weight excluding hydrogens is 268 g/mol. The number of Topliss-reactive ketones (excluding diaryl/α,β-unsaturated/α-hetero) is 1. The van der Waals surface area contributed by atoms with Crippen molar-refractivity contribution in [2.75, 3.05) is 6.61 Å². The van der Waals surface area contributed by atoms with Gasteiger partial charge in [0.2, 0.25) is 11.7 Å². The highest BCUT2D eigenvalue weighted by molar-refractivity contribution is 5.81. The Morgan fingerprint density at radius 2 is 2.05 bits per heavy atom. The van der Waals surface area contributed by atoms with Gasteiger partial charge in [-0.3, -0.25) is 4.79 Å². The van der Waals surface area contributed by atoms with Crippen LogP contribution in [0, 0.1) is 11.8 Å². The van der Waals surface area contributed by atoms with E-state index in [1.54, 1.807) is 0 Å². The van der Waals surface area contributed by atoms with Gasteiger partial charge in [-0.2, -0.15) is 4.98 Å². The van der Waals surface area contributed by atoms with Crippen molar-refractivity contribution < 1.29 is 14.1 Å². The predicted octanol–water partition coefficient (Wildman–Crippen LogP) is 3.50. The molecule has 5 nitrogen and oxygen atoms in total. The highest BCUT2D eigenvalue weighted by atomic mass is 16.5. The summed E-state index contributed by atoms with van der Waals surface area (Å²) < 4.78 is 11.1. The summed E-state index contributed by atoms with van der Waals surface area (Å²) in [5, 5.41) is 4.06.